The molecule has 3 heteroatoms. The lowest BCUT2D eigenvalue weighted by molar-refractivity contribution is -0.132. The van der Waals surface area contributed by atoms with Crippen LogP contribution in [0, 0.1) is 5.41 Å². The number of ether oxygens (including phenoxy) is 2. The Balaban J connectivity index is 2.75. The molecule has 0 heterocycles. The molecule has 1 unspecified atom stereocenters. The van der Waals surface area contributed by atoms with Crippen molar-refractivity contribution in [3.8, 4) is 0 Å². The Kier molecular flexibility index (Phi) is 4.69. The molecule has 0 aromatic heterocycles. The summed E-state index contributed by atoms with van der Waals surface area (Å²) in [7, 11) is 1.68. The third-order valence-electron chi connectivity index (χ3n) is 3.22. The molecule has 0 N–H and O–H groups in total. The van der Waals surface area contributed by atoms with Crippen LogP contribution in [0.4, 0.5) is 0 Å². The minimum absolute atomic E-state index is 0.00172. The van der Waals surface area contributed by atoms with Gasteiger partial charge in [-0.2, -0.15) is 0 Å². The summed E-state index contributed by atoms with van der Waals surface area (Å²) in [6.45, 7) is 7.20. The molecule has 0 aromatic rings. The normalized spacial score (nSPS) is 24.4. The van der Waals surface area contributed by atoms with Crippen molar-refractivity contribution in [2.45, 2.75) is 39.7 Å². The summed E-state index contributed by atoms with van der Waals surface area (Å²) < 4.78 is 10.7. The number of carbonyl (C=O) groups is 1. The topological polar surface area (TPSA) is 35.5 Å². The molecule has 1 aliphatic carbocycles. The second-order valence-electron chi connectivity index (χ2n) is 4.78. The van der Waals surface area contributed by atoms with E-state index in [0.29, 0.717) is 13.2 Å². The fourth-order valence-corrected chi connectivity index (χ4v) is 1.96. The van der Waals surface area contributed by atoms with E-state index >= 15 is 0 Å². The summed E-state index contributed by atoms with van der Waals surface area (Å²) in [5, 5.41) is 0. The first-order chi connectivity index (χ1) is 7.52. The summed E-state index contributed by atoms with van der Waals surface area (Å²) in [5.41, 5.74) is 0.747. The van der Waals surface area contributed by atoms with Gasteiger partial charge in [-0.1, -0.05) is 19.4 Å². The van der Waals surface area contributed by atoms with E-state index in [1.54, 1.807) is 13.2 Å². The summed E-state index contributed by atoms with van der Waals surface area (Å²) in [4.78, 5) is 12.0. The van der Waals surface area contributed by atoms with Gasteiger partial charge in [0.05, 0.1) is 11.5 Å². The summed E-state index contributed by atoms with van der Waals surface area (Å²) in [5.74, 6) is 0.170. The number of hydrogen-bond acceptors (Lipinski definition) is 3. The lowest BCUT2D eigenvalue weighted by Crippen LogP contribution is -2.41. The molecular formula is C13H22O3. The second kappa shape index (κ2) is 5.60. The highest BCUT2D eigenvalue weighted by Gasteiger charge is 2.39. The predicted molar refractivity (Wildman–Crippen MR) is 63.4 cm³/mol. The number of allylic oxidation sites excluding steroid dienone is 1. The molecule has 0 saturated carbocycles. The van der Waals surface area contributed by atoms with Crippen LogP contribution >= 0.6 is 0 Å². The van der Waals surface area contributed by atoms with Crippen molar-refractivity contribution in [1.29, 1.82) is 0 Å². The van der Waals surface area contributed by atoms with E-state index in [1.165, 1.54) is 0 Å². The van der Waals surface area contributed by atoms with Crippen LogP contribution in [0.3, 0.4) is 0 Å². The van der Waals surface area contributed by atoms with Gasteiger partial charge in [-0.05, 0) is 25.8 Å². The molecule has 0 saturated heterocycles. The van der Waals surface area contributed by atoms with Gasteiger partial charge in [0.25, 0.3) is 0 Å². The van der Waals surface area contributed by atoms with Crippen molar-refractivity contribution < 1.29 is 14.3 Å². The minimum atomic E-state index is -0.396. The Labute approximate surface area is 97.8 Å². The molecule has 0 amide bonds. The van der Waals surface area contributed by atoms with Crippen LogP contribution in [-0.4, -0.2) is 32.2 Å². The van der Waals surface area contributed by atoms with Crippen molar-refractivity contribution in [3.05, 3.63) is 11.6 Å². The Bertz CT molecular complexity index is 279. The van der Waals surface area contributed by atoms with Crippen LogP contribution in [0.25, 0.3) is 0 Å². The SMILES string of the molecule is CCOC1CC(CCOC)=CC(=O)C1(C)C. The Morgan fingerprint density at radius 2 is 2.19 bits per heavy atom. The van der Waals surface area contributed by atoms with Crippen LogP contribution in [-0.2, 0) is 14.3 Å². The number of methoxy groups -OCH3 is 1. The molecule has 1 rings (SSSR count). The van der Waals surface area contributed by atoms with E-state index in [2.05, 4.69) is 0 Å². The van der Waals surface area contributed by atoms with Gasteiger partial charge in [0.1, 0.15) is 0 Å². The van der Waals surface area contributed by atoms with Crippen molar-refractivity contribution in [3.63, 3.8) is 0 Å². The zero-order valence-electron chi connectivity index (χ0n) is 10.7. The fourth-order valence-electron chi connectivity index (χ4n) is 1.96. The first-order valence-electron chi connectivity index (χ1n) is 5.86. The molecule has 0 spiro atoms. The van der Waals surface area contributed by atoms with Crippen molar-refractivity contribution in [1.82, 2.24) is 0 Å². The van der Waals surface area contributed by atoms with Gasteiger partial charge in [-0.15, -0.1) is 0 Å². The van der Waals surface area contributed by atoms with E-state index in [-0.39, 0.29) is 11.9 Å². The number of hydrogen-bond donors (Lipinski definition) is 0. The maximum Gasteiger partial charge on any atom is 0.163 e. The largest absolute Gasteiger partial charge is 0.384 e. The molecule has 1 atom stereocenters. The van der Waals surface area contributed by atoms with E-state index < -0.39 is 5.41 Å². The first-order valence-corrected chi connectivity index (χ1v) is 5.86. The van der Waals surface area contributed by atoms with E-state index in [4.69, 9.17) is 9.47 Å². The molecule has 1 aliphatic rings. The Morgan fingerprint density at radius 1 is 1.50 bits per heavy atom. The van der Waals surface area contributed by atoms with Crippen molar-refractivity contribution in [2.24, 2.45) is 5.41 Å². The fraction of sp³-hybridized carbons (Fsp3) is 0.769. The molecule has 92 valence electrons. The van der Waals surface area contributed by atoms with Crippen LogP contribution in [0.1, 0.15) is 33.6 Å². The molecular weight excluding hydrogens is 204 g/mol. The van der Waals surface area contributed by atoms with Gasteiger partial charge in [0.15, 0.2) is 5.78 Å². The quantitative estimate of drug-likeness (QED) is 0.722. The zero-order valence-corrected chi connectivity index (χ0v) is 10.7. The van der Waals surface area contributed by atoms with E-state index in [9.17, 15) is 4.79 Å². The van der Waals surface area contributed by atoms with Gasteiger partial charge < -0.3 is 9.47 Å². The molecule has 16 heavy (non-hydrogen) atoms. The molecule has 0 aliphatic heterocycles. The van der Waals surface area contributed by atoms with Crippen LogP contribution in [0.5, 0.6) is 0 Å². The van der Waals surface area contributed by atoms with Crippen LogP contribution in [0.2, 0.25) is 0 Å². The van der Waals surface area contributed by atoms with E-state index in [1.807, 2.05) is 20.8 Å². The van der Waals surface area contributed by atoms with Gasteiger partial charge >= 0.3 is 0 Å². The highest BCUT2D eigenvalue weighted by Crippen LogP contribution is 2.35. The summed E-state index contributed by atoms with van der Waals surface area (Å²) in [6, 6.07) is 0. The predicted octanol–water partition coefficient (Wildman–Crippen LogP) is 2.35. The maximum absolute atomic E-state index is 12.0. The monoisotopic (exact) mass is 226 g/mol. The molecule has 0 fully saturated rings. The summed E-state index contributed by atoms with van der Waals surface area (Å²) >= 11 is 0. The number of carbonyl (C=O) groups excluding carboxylic acids is 1. The lowest BCUT2D eigenvalue weighted by Gasteiger charge is -2.36. The molecule has 3 nitrogen and oxygen atoms in total. The minimum Gasteiger partial charge on any atom is -0.384 e. The third kappa shape index (κ3) is 2.92. The highest BCUT2D eigenvalue weighted by molar-refractivity contribution is 5.96. The first kappa shape index (κ1) is 13.4. The lowest BCUT2D eigenvalue weighted by atomic mass is 9.74. The number of rotatable bonds is 5. The van der Waals surface area contributed by atoms with Crippen LogP contribution < -0.4 is 0 Å². The van der Waals surface area contributed by atoms with Gasteiger partial charge in [0, 0.05) is 20.3 Å². The van der Waals surface area contributed by atoms with Crippen molar-refractivity contribution in [2.75, 3.05) is 20.3 Å². The van der Waals surface area contributed by atoms with Gasteiger partial charge in [-0.3, -0.25) is 4.79 Å². The Hall–Kier alpha value is -0.670. The smallest absolute Gasteiger partial charge is 0.163 e. The average molecular weight is 226 g/mol. The average Bonchev–Trinajstić information content (AvgIpc) is 2.23. The zero-order chi connectivity index (χ0) is 12.2. The van der Waals surface area contributed by atoms with Gasteiger partial charge in [-0.25, -0.2) is 0 Å². The molecule has 0 bridgehead atoms. The van der Waals surface area contributed by atoms with E-state index in [0.717, 1.165) is 18.4 Å². The van der Waals surface area contributed by atoms with Crippen molar-refractivity contribution >= 4 is 5.78 Å². The number of ketones is 1. The Morgan fingerprint density at radius 3 is 2.75 bits per heavy atom. The summed E-state index contributed by atoms with van der Waals surface area (Å²) in [6.07, 6.45) is 3.44. The van der Waals surface area contributed by atoms with Gasteiger partial charge in [0.2, 0.25) is 0 Å². The molecule has 0 aromatic carbocycles. The highest BCUT2D eigenvalue weighted by atomic mass is 16.5. The standard InChI is InChI=1S/C13H22O3/c1-5-16-12-9-10(6-7-15-4)8-11(14)13(12,2)3/h8,12H,5-7,9H2,1-4H3. The van der Waals surface area contributed by atoms with Crippen LogP contribution in [0.15, 0.2) is 11.6 Å². The second-order valence-corrected chi connectivity index (χ2v) is 4.78. The maximum atomic E-state index is 12.0. The molecule has 0 radical (unpaired) electrons. The third-order valence-corrected chi connectivity index (χ3v) is 3.22.